The predicted molar refractivity (Wildman–Crippen MR) is 58.1 cm³/mol. The predicted octanol–water partition coefficient (Wildman–Crippen LogP) is 0.796. The number of carbonyl (C=O) groups is 1. The highest BCUT2D eigenvalue weighted by molar-refractivity contribution is 5.78. The molecule has 4 nitrogen and oxygen atoms in total. The topological polar surface area (TPSA) is 64.9 Å². The summed E-state index contributed by atoms with van der Waals surface area (Å²) in [5, 5.41) is 14.5. The lowest BCUT2D eigenvalue weighted by Crippen LogP contribution is -2.40. The molecule has 0 bridgehead atoms. The lowest BCUT2D eigenvalue weighted by atomic mass is 9.99. The highest BCUT2D eigenvalue weighted by atomic mass is 16.1. The highest BCUT2D eigenvalue weighted by Crippen LogP contribution is 2.09. The van der Waals surface area contributed by atoms with Crippen molar-refractivity contribution in [2.45, 2.75) is 32.1 Å². The molecule has 0 spiro atoms. The molecule has 1 aliphatic rings. The molecule has 0 saturated carbocycles. The number of rotatable bonds is 5. The second-order valence-electron chi connectivity index (χ2n) is 3.95. The summed E-state index contributed by atoms with van der Waals surface area (Å²) in [6, 6.07) is 2.10. The van der Waals surface area contributed by atoms with Gasteiger partial charge in [-0.1, -0.05) is 0 Å². The molecule has 15 heavy (non-hydrogen) atoms. The fraction of sp³-hybridized carbons (Fsp3) is 0.818. The molecule has 1 aliphatic heterocycles. The van der Waals surface area contributed by atoms with Crippen molar-refractivity contribution in [3.8, 4) is 6.07 Å². The molecule has 1 amide bonds. The summed E-state index contributed by atoms with van der Waals surface area (Å²) in [7, 11) is 0. The van der Waals surface area contributed by atoms with Gasteiger partial charge in [0, 0.05) is 19.5 Å². The third-order valence-electron chi connectivity index (χ3n) is 2.68. The lowest BCUT2D eigenvalue weighted by molar-refractivity contribution is -0.125. The Bertz CT molecular complexity index is 228. The standard InChI is InChI=1S/C11H19N3O/c12-6-2-1-3-8-14-11(15)10-5-4-7-13-9-10/h10,13H,1-5,7-9H2,(H,14,15)/t10-/m1/s1. The van der Waals surface area contributed by atoms with Crippen LogP contribution in [0.2, 0.25) is 0 Å². The van der Waals surface area contributed by atoms with Gasteiger partial charge in [-0.2, -0.15) is 5.26 Å². The van der Waals surface area contributed by atoms with E-state index < -0.39 is 0 Å². The fourth-order valence-corrected chi connectivity index (χ4v) is 1.76. The molecule has 1 fully saturated rings. The Hall–Kier alpha value is -1.08. The zero-order valence-electron chi connectivity index (χ0n) is 9.09. The van der Waals surface area contributed by atoms with Gasteiger partial charge in [0.15, 0.2) is 0 Å². The molecule has 84 valence electrons. The Morgan fingerprint density at radius 3 is 3.07 bits per heavy atom. The van der Waals surface area contributed by atoms with Crippen LogP contribution in [0.5, 0.6) is 0 Å². The normalized spacial score (nSPS) is 20.6. The maximum atomic E-state index is 11.6. The zero-order valence-corrected chi connectivity index (χ0v) is 9.09. The molecule has 0 unspecified atom stereocenters. The van der Waals surface area contributed by atoms with E-state index in [9.17, 15) is 4.79 Å². The zero-order chi connectivity index (χ0) is 10.9. The molecular weight excluding hydrogens is 190 g/mol. The summed E-state index contributed by atoms with van der Waals surface area (Å²) in [5.41, 5.74) is 0. The number of carbonyl (C=O) groups excluding carboxylic acids is 1. The summed E-state index contributed by atoms with van der Waals surface area (Å²) >= 11 is 0. The van der Waals surface area contributed by atoms with E-state index in [2.05, 4.69) is 16.7 Å². The molecule has 0 radical (unpaired) electrons. The van der Waals surface area contributed by atoms with Crippen molar-refractivity contribution in [3.05, 3.63) is 0 Å². The van der Waals surface area contributed by atoms with E-state index in [-0.39, 0.29) is 11.8 Å². The fourth-order valence-electron chi connectivity index (χ4n) is 1.76. The maximum Gasteiger partial charge on any atom is 0.224 e. The molecule has 1 saturated heterocycles. The van der Waals surface area contributed by atoms with E-state index in [1.54, 1.807) is 0 Å². The SMILES string of the molecule is N#CCCCCNC(=O)[C@@H]1CCCNC1. The Morgan fingerprint density at radius 2 is 2.40 bits per heavy atom. The van der Waals surface area contributed by atoms with Crippen LogP contribution in [-0.2, 0) is 4.79 Å². The molecule has 1 rings (SSSR count). The lowest BCUT2D eigenvalue weighted by Gasteiger charge is -2.21. The Morgan fingerprint density at radius 1 is 1.53 bits per heavy atom. The number of hydrogen-bond acceptors (Lipinski definition) is 3. The minimum Gasteiger partial charge on any atom is -0.356 e. The van der Waals surface area contributed by atoms with E-state index in [1.165, 1.54) is 0 Å². The first-order valence-electron chi connectivity index (χ1n) is 5.70. The Kier molecular flexibility index (Phi) is 5.79. The number of hydrogen-bond donors (Lipinski definition) is 2. The average Bonchev–Trinajstić information content (AvgIpc) is 2.30. The van der Waals surface area contributed by atoms with Gasteiger partial charge in [-0.15, -0.1) is 0 Å². The summed E-state index contributed by atoms with van der Waals surface area (Å²) < 4.78 is 0. The minimum absolute atomic E-state index is 0.148. The van der Waals surface area contributed by atoms with Crippen LogP contribution >= 0.6 is 0 Å². The third kappa shape index (κ3) is 4.80. The Balaban J connectivity index is 2.05. The van der Waals surface area contributed by atoms with E-state index in [1.807, 2.05) is 0 Å². The first-order chi connectivity index (χ1) is 7.34. The third-order valence-corrected chi connectivity index (χ3v) is 2.68. The van der Waals surface area contributed by atoms with Crippen molar-refractivity contribution in [2.75, 3.05) is 19.6 Å². The van der Waals surface area contributed by atoms with E-state index in [0.29, 0.717) is 13.0 Å². The van der Waals surface area contributed by atoms with Gasteiger partial charge in [-0.05, 0) is 32.2 Å². The maximum absolute atomic E-state index is 11.6. The van der Waals surface area contributed by atoms with Crippen molar-refractivity contribution in [1.29, 1.82) is 5.26 Å². The smallest absolute Gasteiger partial charge is 0.224 e. The van der Waals surface area contributed by atoms with Crippen molar-refractivity contribution < 1.29 is 4.79 Å². The van der Waals surface area contributed by atoms with Gasteiger partial charge in [0.25, 0.3) is 0 Å². The molecule has 0 aromatic heterocycles. The number of nitrogens with zero attached hydrogens (tertiary/aromatic N) is 1. The summed E-state index contributed by atoms with van der Waals surface area (Å²) in [4.78, 5) is 11.6. The van der Waals surface area contributed by atoms with Gasteiger partial charge >= 0.3 is 0 Å². The number of nitriles is 1. The monoisotopic (exact) mass is 209 g/mol. The second kappa shape index (κ2) is 7.24. The van der Waals surface area contributed by atoms with Gasteiger partial charge in [0.1, 0.15) is 0 Å². The van der Waals surface area contributed by atoms with Crippen LogP contribution in [0.15, 0.2) is 0 Å². The minimum atomic E-state index is 0.148. The van der Waals surface area contributed by atoms with Gasteiger partial charge in [0.05, 0.1) is 12.0 Å². The number of amides is 1. The van der Waals surface area contributed by atoms with Crippen LogP contribution in [-0.4, -0.2) is 25.5 Å². The largest absolute Gasteiger partial charge is 0.356 e. The first-order valence-corrected chi connectivity index (χ1v) is 5.70. The van der Waals surface area contributed by atoms with Crippen LogP contribution in [0.25, 0.3) is 0 Å². The van der Waals surface area contributed by atoms with E-state index in [4.69, 9.17) is 5.26 Å². The van der Waals surface area contributed by atoms with Crippen LogP contribution in [0.4, 0.5) is 0 Å². The number of unbranched alkanes of at least 4 members (excludes halogenated alkanes) is 2. The molecule has 0 aromatic carbocycles. The average molecular weight is 209 g/mol. The molecule has 1 heterocycles. The van der Waals surface area contributed by atoms with E-state index in [0.717, 1.165) is 38.8 Å². The number of nitrogens with one attached hydrogen (secondary N) is 2. The summed E-state index contributed by atoms with van der Waals surface area (Å²) in [5.74, 6) is 0.314. The number of piperidine rings is 1. The van der Waals surface area contributed by atoms with Crippen LogP contribution in [0, 0.1) is 17.2 Å². The molecule has 0 aliphatic carbocycles. The quantitative estimate of drug-likeness (QED) is 0.658. The van der Waals surface area contributed by atoms with Gasteiger partial charge in [0.2, 0.25) is 5.91 Å². The molecule has 4 heteroatoms. The van der Waals surface area contributed by atoms with Gasteiger partial charge in [-0.3, -0.25) is 4.79 Å². The van der Waals surface area contributed by atoms with Crippen molar-refractivity contribution in [2.24, 2.45) is 5.92 Å². The van der Waals surface area contributed by atoms with Gasteiger partial charge < -0.3 is 10.6 Å². The highest BCUT2D eigenvalue weighted by Gasteiger charge is 2.19. The molecule has 0 aromatic rings. The van der Waals surface area contributed by atoms with Crippen LogP contribution < -0.4 is 10.6 Å². The van der Waals surface area contributed by atoms with Crippen molar-refractivity contribution in [3.63, 3.8) is 0 Å². The van der Waals surface area contributed by atoms with Crippen molar-refractivity contribution >= 4 is 5.91 Å². The van der Waals surface area contributed by atoms with Gasteiger partial charge in [-0.25, -0.2) is 0 Å². The second-order valence-corrected chi connectivity index (χ2v) is 3.95. The molecule has 2 N–H and O–H groups in total. The first kappa shape index (κ1) is 12.0. The van der Waals surface area contributed by atoms with Crippen LogP contribution in [0.1, 0.15) is 32.1 Å². The van der Waals surface area contributed by atoms with E-state index >= 15 is 0 Å². The molecular formula is C11H19N3O. The summed E-state index contributed by atoms with van der Waals surface area (Å²) in [6.45, 7) is 2.55. The summed E-state index contributed by atoms with van der Waals surface area (Å²) in [6.07, 6.45) is 4.45. The van der Waals surface area contributed by atoms with Crippen molar-refractivity contribution in [1.82, 2.24) is 10.6 Å². The molecule has 1 atom stereocenters. The Labute approximate surface area is 91.0 Å². The van der Waals surface area contributed by atoms with Crippen LogP contribution in [0.3, 0.4) is 0 Å².